The lowest BCUT2D eigenvalue weighted by Crippen LogP contribution is -2.24. The molecule has 3 aromatic rings. The lowest BCUT2D eigenvalue weighted by molar-refractivity contribution is -0.123. The van der Waals surface area contributed by atoms with Crippen LogP contribution in [0, 0.1) is 0 Å². The molecule has 0 saturated heterocycles. The minimum Gasteiger partial charge on any atom is -0.484 e. The Morgan fingerprint density at radius 2 is 1.41 bits per heavy atom. The van der Waals surface area contributed by atoms with Crippen LogP contribution in [0.15, 0.2) is 90.0 Å². The van der Waals surface area contributed by atoms with Crippen LogP contribution in [0.2, 0.25) is 0 Å². The first kappa shape index (κ1) is 18.1. The summed E-state index contributed by atoms with van der Waals surface area (Å²) in [7, 11) is 0. The minimum atomic E-state index is -0.356. The number of rotatable bonds is 7. The molecule has 134 valence electrons. The molecule has 5 nitrogen and oxygen atoms in total. The molecule has 0 radical (unpaired) electrons. The highest BCUT2D eigenvalue weighted by Crippen LogP contribution is 2.10. The Labute approximate surface area is 157 Å². The minimum absolute atomic E-state index is 0.0366. The average Bonchev–Trinajstić information content (AvgIpc) is 2.74. The van der Waals surface area contributed by atoms with E-state index in [1.54, 1.807) is 48.5 Å². The van der Waals surface area contributed by atoms with Gasteiger partial charge in [0.05, 0.1) is 6.21 Å². The molecule has 0 bridgehead atoms. The van der Waals surface area contributed by atoms with E-state index in [0.717, 1.165) is 5.56 Å². The van der Waals surface area contributed by atoms with Gasteiger partial charge in [-0.3, -0.25) is 9.59 Å². The van der Waals surface area contributed by atoms with Crippen molar-refractivity contribution >= 4 is 17.9 Å². The quantitative estimate of drug-likeness (QED) is 0.400. The number of amides is 1. The second-order valence-corrected chi connectivity index (χ2v) is 5.71. The number of nitrogens with one attached hydrogen (secondary N) is 1. The maximum absolute atomic E-state index is 12.3. The number of para-hydroxylation sites is 1. The third kappa shape index (κ3) is 5.37. The van der Waals surface area contributed by atoms with E-state index in [1.165, 1.54) is 6.21 Å². The molecule has 0 aliphatic rings. The Morgan fingerprint density at radius 3 is 2.07 bits per heavy atom. The highest BCUT2D eigenvalue weighted by Gasteiger charge is 2.07. The summed E-state index contributed by atoms with van der Waals surface area (Å²) in [6.45, 7) is -0.119. The Bertz CT molecular complexity index is 921. The summed E-state index contributed by atoms with van der Waals surface area (Å²) in [6, 6.07) is 25.2. The van der Waals surface area contributed by atoms with Crippen molar-refractivity contribution in [1.82, 2.24) is 5.43 Å². The molecule has 3 rings (SSSR count). The Hall–Kier alpha value is -3.73. The van der Waals surface area contributed by atoms with Crippen molar-refractivity contribution in [2.45, 2.75) is 0 Å². The van der Waals surface area contributed by atoms with Crippen LogP contribution in [-0.4, -0.2) is 24.5 Å². The summed E-state index contributed by atoms with van der Waals surface area (Å²) in [6.07, 6.45) is 1.51. The highest BCUT2D eigenvalue weighted by atomic mass is 16.5. The smallest absolute Gasteiger partial charge is 0.277 e. The number of hydrazone groups is 1. The lowest BCUT2D eigenvalue weighted by Gasteiger charge is -2.04. The maximum atomic E-state index is 12.3. The highest BCUT2D eigenvalue weighted by molar-refractivity contribution is 6.09. The predicted molar refractivity (Wildman–Crippen MR) is 104 cm³/mol. The molecule has 3 aromatic carbocycles. The lowest BCUT2D eigenvalue weighted by atomic mass is 10.0. The molecule has 0 saturated carbocycles. The van der Waals surface area contributed by atoms with Crippen LogP contribution in [0.1, 0.15) is 21.5 Å². The topological polar surface area (TPSA) is 67.8 Å². The van der Waals surface area contributed by atoms with E-state index in [9.17, 15) is 9.59 Å². The Balaban J connectivity index is 1.50. The Morgan fingerprint density at radius 1 is 0.815 bits per heavy atom. The molecule has 5 heteroatoms. The van der Waals surface area contributed by atoms with E-state index in [-0.39, 0.29) is 18.3 Å². The van der Waals surface area contributed by atoms with Gasteiger partial charge in [0.15, 0.2) is 12.4 Å². The fraction of sp³-hybridized carbons (Fsp3) is 0.0455. The first-order valence-corrected chi connectivity index (χ1v) is 8.42. The van der Waals surface area contributed by atoms with Crippen molar-refractivity contribution in [2.24, 2.45) is 5.10 Å². The number of ether oxygens (including phenoxy) is 1. The van der Waals surface area contributed by atoms with Crippen LogP contribution in [0.5, 0.6) is 5.75 Å². The van der Waals surface area contributed by atoms with Gasteiger partial charge in [0.2, 0.25) is 0 Å². The number of benzene rings is 3. The molecule has 0 aliphatic carbocycles. The summed E-state index contributed by atoms with van der Waals surface area (Å²) < 4.78 is 5.33. The fourth-order valence-corrected chi connectivity index (χ4v) is 2.35. The molecule has 0 aromatic heterocycles. The number of nitrogens with zero attached hydrogens (tertiary/aromatic N) is 1. The van der Waals surface area contributed by atoms with Gasteiger partial charge in [-0.15, -0.1) is 0 Å². The summed E-state index contributed by atoms with van der Waals surface area (Å²) in [5.74, 6) is 0.228. The molecular formula is C22H18N2O3. The molecule has 0 fully saturated rings. The molecule has 27 heavy (non-hydrogen) atoms. The van der Waals surface area contributed by atoms with Crippen molar-refractivity contribution in [3.8, 4) is 5.75 Å². The summed E-state index contributed by atoms with van der Waals surface area (Å²) in [4.78, 5) is 24.1. The van der Waals surface area contributed by atoms with Gasteiger partial charge in [-0.05, 0) is 17.7 Å². The van der Waals surface area contributed by atoms with Gasteiger partial charge in [-0.1, -0.05) is 72.8 Å². The molecule has 0 atom stereocenters. The zero-order chi connectivity index (χ0) is 18.9. The van der Waals surface area contributed by atoms with Gasteiger partial charge in [0, 0.05) is 11.1 Å². The molecule has 0 aliphatic heterocycles. The first-order valence-electron chi connectivity index (χ1n) is 8.42. The second-order valence-electron chi connectivity index (χ2n) is 5.71. The molecule has 1 amide bonds. The van der Waals surface area contributed by atoms with Gasteiger partial charge in [0.1, 0.15) is 5.75 Å². The predicted octanol–water partition coefficient (Wildman–Crippen LogP) is 3.45. The molecule has 0 unspecified atom stereocenters. The molecule has 1 N–H and O–H groups in total. The van der Waals surface area contributed by atoms with E-state index in [4.69, 9.17) is 4.74 Å². The summed E-state index contributed by atoms with van der Waals surface area (Å²) >= 11 is 0. The number of carbonyl (C=O) groups is 2. The van der Waals surface area contributed by atoms with E-state index in [2.05, 4.69) is 10.5 Å². The van der Waals surface area contributed by atoms with Crippen molar-refractivity contribution < 1.29 is 14.3 Å². The van der Waals surface area contributed by atoms with Crippen LogP contribution in [0.25, 0.3) is 0 Å². The van der Waals surface area contributed by atoms with Crippen LogP contribution in [0.3, 0.4) is 0 Å². The normalized spacial score (nSPS) is 10.5. The molecular weight excluding hydrogens is 340 g/mol. The monoisotopic (exact) mass is 358 g/mol. The zero-order valence-electron chi connectivity index (χ0n) is 14.5. The summed E-state index contributed by atoms with van der Waals surface area (Å²) in [5, 5.41) is 3.90. The fourth-order valence-electron chi connectivity index (χ4n) is 2.35. The second kappa shape index (κ2) is 9.10. The standard InChI is InChI=1S/C22H18N2O3/c25-21(16-27-20-9-5-2-6-10-20)24-23-15-17-11-13-19(14-12-17)22(26)18-7-3-1-4-8-18/h1-15H,16H2,(H,24,25)/b23-15+. The third-order valence-corrected chi connectivity index (χ3v) is 3.72. The van der Waals surface area contributed by atoms with E-state index in [0.29, 0.717) is 16.9 Å². The van der Waals surface area contributed by atoms with Crippen molar-refractivity contribution in [3.63, 3.8) is 0 Å². The van der Waals surface area contributed by atoms with Crippen LogP contribution in [-0.2, 0) is 4.79 Å². The number of ketones is 1. The van der Waals surface area contributed by atoms with Crippen molar-refractivity contribution in [1.29, 1.82) is 0 Å². The van der Waals surface area contributed by atoms with Gasteiger partial charge in [0.25, 0.3) is 5.91 Å². The van der Waals surface area contributed by atoms with Crippen LogP contribution >= 0.6 is 0 Å². The Kier molecular flexibility index (Phi) is 6.09. The van der Waals surface area contributed by atoms with Gasteiger partial charge in [-0.25, -0.2) is 5.43 Å². The number of hydrogen-bond acceptors (Lipinski definition) is 4. The van der Waals surface area contributed by atoms with Crippen molar-refractivity contribution in [3.05, 3.63) is 102 Å². The zero-order valence-corrected chi connectivity index (χ0v) is 14.5. The maximum Gasteiger partial charge on any atom is 0.277 e. The number of hydrogen-bond donors (Lipinski definition) is 1. The van der Waals surface area contributed by atoms with E-state index >= 15 is 0 Å². The van der Waals surface area contributed by atoms with E-state index in [1.807, 2.05) is 36.4 Å². The van der Waals surface area contributed by atoms with Crippen LogP contribution < -0.4 is 10.2 Å². The number of carbonyl (C=O) groups excluding carboxylic acids is 2. The van der Waals surface area contributed by atoms with E-state index < -0.39 is 0 Å². The average molecular weight is 358 g/mol. The van der Waals surface area contributed by atoms with Crippen LogP contribution in [0.4, 0.5) is 0 Å². The molecule has 0 spiro atoms. The third-order valence-electron chi connectivity index (χ3n) is 3.72. The van der Waals surface area contributed by atoms with Gasteiger partial charge >= 0.3 is 0 Å². The summed E-state index contributed by atoms with van der Waals surface area (Å²) in [5.41, 5.74) is 4.41. The van der Waals surface area contributed by atoms with Gasteiger partial charge in [-0.2, -0.15) is 5.10 Å². The first-order chi connectivity index (χ1) is 13.2. The van der Waals surface area contributed by atoms with Crippen molar-refractivity contribution in [2.75, 3.05) is 6.61 Å². The molecule has 0 heterocycles. The largest absolute Gasteiger partial charge is 0.484 e. The van der Waals surface area contributed by atoms with Gasteiger partial charge < -0.3 is 4.74 Å². The SMILES string of the molecule is O=C(COc1ccccc1)N/N=C/c1ccc(C(=O)c2ccccc2)cc1.